The van der Waals surface area contributed by atoms with E-state index >= 15 is 0 Å². The van der Waals surface area contributed by atoms with Crippen LogP contribution >= 0.6 is 11.3 Å². The second-order valence-corrected chi connectivity index (χ2v) is 5.92. The lowest BCUT2D eigenvalue weighted by Gasteiger charge is -2.14. The number of halogens is 1. The highest BCUT2D eigenvalue weighted by Gasteiger charge is 2.13. The van der Waals surface area contributed by atoms with E-state index in [2.05, 4.69) is 11.9 Å². The summed E-state index contributed by atoms with van der Waals surface area (Å²) in [5.41, 5.74) is 7.62. The van der Waals surface area contributed by atoms with Gasteiger partial charge in [-0.3, -0.25) is 0 Å². The molecule has 0 spiro atoms. The van der Waals surface area contributed by atoms with Gasteiger partial charge in [-0.15, -0.1) is 11.3 Å². The van der Waals surface area contributed by atoms with Gasteiger partial charge in [0.15, 0.2) is 11.6 Å². The Balaban J connectivity index is 2.10. The maximum Gasteiger partial charge on any atom is 0.165 e. The Morgan fingerprint density at radius 1 is 1.38 bits per heavy atom. The quantitative estimate of drug-likeness (QED) is 0.848. The highest BCUT2D eigenvalue weighted by atomic mass is 32.1. The van der Waals surface area contributed by atoms with Crippen molar-refractivity contribution in [3.8, 4) is 5.75 Å². The van der Waals surface area contributed by atoms with Crippen molar-refractivity contribution in [1.29, 1.82) is 0 Å². The Hall–Kier alpha value is -1.46. The van der Waals surface area contributed by atoms with Crippen LogP contribution in [0.25, 0.3) is 0 Å². The first-order chi connectivity index (χ1) is 10.1. The number of para-hydroxylation sites is 1. The Labute approximate surface area is 129 Å². The Morgan fingerprint density at radius 2 is 2.19 bits per heavy atom. The van der Waals surface area contributed by atoms with Gasteiger partial charge in [0.1, 0.15) is 6.61 Å². The fraction of sp³-hybridized carbons (Fsp3) is 0.438. The number of aryl methyl sites for hydroxylation is 1. The molecule has 3 nitrogen and oxygen atoms in total. The lowest BCUT2D eigenvalue weighted by Crippen LogP contribution is -2.22. The van der Waals surface area contributed by atoms with Crippen molar-refractivity contribution in [2.45, 2.75) is 45.8 Å². The molecule has 2 N–H and O–H groups in total. The molecule has 0 aliphatic rings. The standard InChI is InChI=1S/C16H21FN2OS/c1-3-12(18)8-11-6-5-7-14(17)16(11)20-9-13-10-21-15(4-2)19-13/h5-7,10,12H,3-4,8-9,18H2,1-2H3. The molecule has 1 aromatic carbocycles. The van der Waals surface area contributed by atoms with Crippen LogP contribution in [0.3, 0.4) is 0 Å². The van der Waals surface area contributed by atoms with Crippen molar-refractivity contribution in [3.05, 3.63) is 45.7 Å². The molecule has 5 heteroatoms. The minimum absolute atomic E-state index is 0.0140. The van der Waals surface area contributed by atoms with E-state index in [-0.39, 0.29) is 18.5 Å². The number of thiazole rings is 1. The summed E-state index contributed by atoms with van der Waals surface area (Å²) in [6, 6.07) is 4.99. The van der Waals surface area contributed by atoms with Gasteiger partial charge in [0.2, 0.25) is 0 Å². The van der Waals surface area contributed by atoms with Crippen molar-refractivity contribution in [1.82, 2.24) is 4.98 Å². The minimum atomic E-state index is -0.346. The van der Waals surface area contributed by atoms with Gasteiger partial charge >= 0.3 is 0 Å². The molecule has 1 heterocycles. The number of nitrogens with two attached hydrogens (primary N) is 1. The molecular weight excluding hydrogens is 287 g/mol. The molecule has 0 bridgehead atoms. The van der Waals surface area contributed by atoms with Gasteiger partial charge in [0, 0.05) is 11.4 Å². The van der Waals surface area contributed by atoms with E-state index in [0.717, 1.165) is 29.1 Å². The van der Waals surface area contributed by atoms with E-state index in [9.17, 15) is 4.39 Å². The molecule has 1 aromatic heterocycles. The van der Waals surface area contributed by atoms with Crippen molar-refractivity contribution >= 4 is 11.3 Å². The third-order valence-corrected chi connectivity index (χ3v) is 4.36. The smallest absolute Gasteiger partial charge is 0.165 e. The van der Waals surface area contributed by atoms with Gasteiger partial charge in [-0.1, -0.05) is 26.0 Å². The third kappa shape index (κ3) is 4.25. The van der Waals surface area contributed by atoms with E-state index < -0.39 is 0 Å². The molecule has 1 atom stereocenters. The number of hydrogen-bond acceptors (Lipinski definition) is 4. The van der Waals surface area contributed by atoms with Gasteiger partial charge in [0.05, 0.1) is 10.7 Å². The molecule has 0 fully saturated rings. The lowest BCUT2D eigenvalue weighted by molar-refractivity contribution is 0.282. The molecule has 0 saturated carbocycles. The summed E-state index contributed by atoms with van der Waals surface area (Å²) in [6.07, 6.45) is 2.36. The predicted molar refractivity (Wildman–Crippen MR) is 84.2 cm³/mol. The molecule has 2 rings (SSSR count). The van der Waals surface area contributed by atoms with E-state index in [1.807, 2.05) is 18.4 Å². The zero-order valence-electron chi connectivity index (χ0n) is 12.4. The van der Waals surface area contributed by atoms with Crippen molar-refractivity contribution in [2.24, 2.45) is 5.73 Å². The Kier molecular flexibility index (Phi) is 5.70. The monoisotopic (exact) mass is 308 g/mol. The fourth-order valence-electron chi connectivity index (χ4n) is 2.03. The van der Waals surface area contributed by atoms with Crippen LogP contribution in [0.5, 0.6) is 5.75 Å². The van der Waals surface area contributed by atoms with Gasteiger partial charge in [-0.25, -0.2) is 9.37 Å². The minimum Gasteiger partial charge on any atom is -0.484 e. The summed E-state index contributed by atoms with van der Waals surface area (Å²) < 4.78 is 19.7. The second-order valence-electron chi connectivity index (χ2n) is 4.98. The topological polar surface area (TPSA) is 48.1 Å². The first-order valence-corrected chi connectivity index (χ1v) is 8.11. The molecule has 2 aromatic rings. The second kappa shape index (κ2) is 7.52. The van der Waals surface area contributed by atoms with Crippen LogP contribution in [-0.4, -0.2) is 11.0 Å². The van der Waals surface area contributed by atoms with Crippen molar-refractivity contribution in [2.75, 3.05) is 0 Å². The van der Waals surface area contributed by atoms with Gasteiger partial charge in [0.25, 0.3) is 0 Å². The average Bonchev–Trinajstić information content (AvgIpc) is 2.94. The highest BCUT2D eigenvalue weighted by molar-refractivity contribution is 7.09. The van der Waals surface area contributed by atoms with Crippen molar-refractivity contribution < 1.29 is 9.13 Å². The van der Waals surface area contributed by atoms with E-state index in [1.54, 1.807) is 17.4 Å². The summed E-state index contributed by atoms with van der Waals surface area (Å²) in [4.78, 5) is 4.43. The first kappa shape index (κ1) is 15.9. The SMILES string of the molecule is CCc1nc(COc2c(F)cccc2CC(N)CC)cs1. The van der Waals surface area contributed by atoms with Gasteiger partial charge in [-0.2, -0.15) is 0 Å². The van der Waals surface area contributed by atoms with Crippen LogP contribution in [0, 0.1) is 5.82 Å². The molecule has 0 aliphatic carbocycles. The summed E-state index contributed by atoms with van der Waals surface area (Å²) in [7, 11) is 0. The Morgan fingerprint density at radius 3 is 2.86 bits per heavy atom. The summed E-state index contributed by atoms with van der Waals surface area (Å²) in [6.45, 7) is 4.36. The van der Waals surface area contributed by atoms with E-state index in [1.165, 1.54) is 6.07 Å². The van der Waals surface area contributed by atoms with E-state index in [4.69, 9.17) is 10.5 Å². The van der Waals surface area contributed by atoms with Crippen LogP contribution in [0.4, 0.5) is 4.39 Å². The molecule has 21 heavy (non-hydrogen) atoms. The van der Waals surface area contributed by atoms with Crippen LogP contribution < -0.4 is 10.5 Å². The number of hydrogen-bond donors (Lipinski definition) is 1. The maximum atomic E-state index is 14.0. The van der Waals surface area contributed by atoms with Crippen LogP contribution in [-0.2, 0) is 19.4 Å². The number of nitrogens with zero attached hydrogens (tertiary/aromatic N) is 1. The van der Waals surface area contributed by atoms with Gasteiger partial charge in [-0.05, 0) is 30.9 Å². The maximum absolute atomic E-state index is 14.0. The highest BCUT2D eigenvalue weighted by Crippen LogP contribution is 2.25. The summed E-state index contributed by atoms with van der Waals surface area (Å²) in [5.74, 6) is -0.0470. The Bertz CT molecular complexity index is 585. The molecule has 0 saturated heterocycles. The lowest BCUT2D eigenvalue weighted by atomic mass is 10.0. The van der Waals surface area contributed by atoms with Crippen LogP contribution in [0.2, 0.25) is 0 Å². The van der Waals surface area contributed by atoms with Crippen LogP contribution in [0.15, 0.2) is 23.6 Å². The molecule has 0 aliphatic heterocycles. The summed E-state index contributed by atoms with van der Waals surface area (Å²) in [5, 5.41) is 3.02. The number of rotatable bonds is 7. The molecule has 1 unspecified atom stereocenters. The number of ether oxygens (including phenoxy) is 1. The van der Waals surface area contributed by atoms with E-state index in [0.29, 0.717) is 12.2 Å². The largest absolute Gasteiger partial charge is 0.484 e. The first-order valence-electron chi connectivity index (χ1n) is 7.23. The average molecular weight is 308 g/mol. The normalized spacial score (nSPS) is 12.4. The fourth-order valence-corrected chi connectivity index (χ4v) is 2.76. The number of benzene rings is 1. The molecule has 114 valence electrons. The number of aromatic nitrogens is 1. The zero-order valence-corrected chi connectivity index (χ0v) is 13.3. The zero-order chi connectivity index (χ0) is 15.2. The predicted octanol–water partition coefficient (Wildman–Crippen LogP) is 3.70. The third-order valence-electron chi connectivity index (χ3n) is 3.32. The van der Waals surface area contributed by atoms with Gasteiger partial charge < -0.3 is 10.5 Å². The molecular formula is C16H21FN2OS. The molecule has 0 amide bonds. The summed E-state index contributed by atoms with van der Waals surface area (Å²) >= 11 is 1.60. The van der Waals surface area contributed by atoms with Crippen LogP contribution in [0.1, 0.15) is 36.5 Å². The molecule has 0 radical (unpaired) electrons. The van der Waals surface area contributed by atoms with Crippen molar-refractivity contribution in [3.63, 3.8) is 0 Å².